The molecule has 1 amide bonds. The number of rotatable bonds is 1. The van der Waals surface area contributed by atoms with E-state index in [0.717, 1.165) is 10.2 Å². The summed E-state index contributed by atoms with van der Waals surface area (Å²) in [5.41, 5.74) is 5.75. The number of hydrogen-bond acceptors (Lipinski definition) is 4. The van der Waals surface area contributed by atoms with Crippen molar-refractivity contribution in [3.63, 3.8) is 0 Å². The van der Waals surface area contributed by atoms with Crippen LogP contribution < -0.4 is 5.73 Å². The van der Waals surface area contributed by atoms with E-state index in [1.165, 1.54) is 6.33 Å². The molecule has 0 aliphatic carbocycles. The van der Waals surface area contributed by atoms with Gasteiger partial charge in [-0.15, -0.1) is 5.10 Å². The van der Waals surface area contributed by atoms with Crippen LogP contribution in [0.15, 0.2) is 30.9 Å². The van der Waals surface area contributed by atoms with Crippen molar-refractivity contribution in [3.8, 4) is 11.4 Å². The quantitative estimate of drug-likeness (QED) is 0.697. The van der Waals surface area contributed by atoms with Gasteiger partial charge in [-0.3, -0.25) is 4.98 Å². The molecule has 2 aromatic rings. The van der Waals surface area contributed by atoms with Crippen LogP contribution in [-0.2, 0) is 0 Å². The van der Waals surface area contributed by atoms with Crippen LogP contribution in [0.25, 0.3) is 11.4 Å². The van der Waals surface area contributed by atoms with Crippen LogP contribution in [0.3, 0.4) is 0 Å². The Balaban J connectivity index is 2.39. The van der Waals surface area contributed by atoms with Gasteiger partial charge in [-0.2, -0.15) is 4.68 Å². The predicted molar refractivity (Wildman–Crippen MR) is 48.2 cm³/mol. The van der Waals surface area contributed by atoms with Crippen LogP contribution in [0.5, 0.6) is 0 Å². The molecule has 0 bridgehead atoms. The molecule has 6 heteroatoms. The summed E-state index contributed by atoms with van der Waals surface area (Å²) in [6.07, 6.45) is 4.53. The minimum Gasteiger partial charge on any atom is -0.350 e. The lowest BCUT2D eigenvalue weighted by Crippen LogP contribution is -2.19. The Morgan fingerprint density at radius 1 is 1.50 bits per heavy atom. The van der Waals surface area contributed by atoms with Crippen LogP contribution in [0, 0.1) is 0 Å². The highest BCUT2D eigenvalue weighted by atomic mass is 16.2. The van der Waals surface area contributed by atoms with Crippen LogP contribution in [0.4, 0.5) is 4.79 Å². The van der Waals surface area contributed by atoms with E-state index in [-0.39, 0.29) is 0 Å². The number of primary amides is 1. The zero-order valence-electron chi connectivity index (χ0n) is 7.16. The predicted octanol–water partition coefficient (Wildman–Crippen LogP) is 0.267. The maximum absolute atomic E-state index is 10.7. The number of aromatic nitrogens is 4. The average Bonchev–Trinajstić information content (AvgIpc) is 2.68. The Morgan fingerprint density at radius 3 is 2.93 bits per heavy atom. The Bertz CT molecular complexity index is 450. The normalized spacial score (nSPS) is 10.0. The van der Waals surface area contributed by atoms with E-state index in [2.05, 4.69) is 15.1 Å². The minimum atomic E-state index is -0.660. The van der Waals surface area contributed by atoms with Gasteiger partial charge in [0.05, 0.1) is 0 Å². The molecule has 70 valence electrons. The molecule has 2 heterocycles. The molecule has 0 unspecified atom stereocenters. The summed E-state index contributed by atoms with van der Waals surface area (Å²) in [6, 6.07) is 2.90. The second-order valence-electron chi connectivity index (χ2n) is 2.59. The van der Waals surface area contributed by atoms with E-state index in [0.29, 0.717) is 5.82 Å². The van der Waals surface area contributed by atoms with Crippen LogP contribution in [0.2, 0.25) is 0 Å². The lowest BCUT2D eigenvalue weighted by molar-refractivity contribution is 0.247. The number of pyridine rings is 1. The summed E-state index contributed by atoms with van der Waals surface area (Å²) in [5, 5.41) is 3.87. The molecule has 0 saturated heterocycles. The van der Waals surface area contributed by atoms with Crippen molar-refractivity contribution >= 4 is 6.03 Å². The van der Waals surface area contributed by atoms with Gasteiger partial charge in [0.2, 0.25) is 0 Å². The lowest BCUT2D eigenvalue weighted by Gasteiger charge is -1.92. The molecule has 2 aromatic heterocycles. The molecular formula is C8H7N5O. The smallest absolute Gasteiger partial charge is 0.340 e. The van der Waals surface area contributed by atoms with Crippen molar-refractivity contribution in [1.29, 1.82) is 0 Å². The second-order valence-corrected chi connectivity index (χ2v) is 2.59. The summed E-state index contributed by atoms with van der Waals surface area (Å²) in [6.45, 7) is 0. The lowest BCUT2D eigenvalue weighted by atomic mass is 10.3. The van der Waals surface area contributed by atoms with Crippen molar-refractivity contribution in [2.75, 3.05) is 0 Å². The molecule has 0 radical (unpaired) electrons. The first kappa shape index (κ1) is 8.36. The summed E-state index contributed by atoms with van der Waals surface area (Å²) in [5.74, 6) is 0.428. The summed E-state index contributed by atoms with van der Waals surface area (Å²) in [4.78, 5) is 18.5. The summed E-state index contributed by atoms with van der Waals surface area (Å²) in [7, 11) is 0. The van der Waals surface area contributed by atoms with Gasteiger partial charge in [0, 0.05) is 18.0 Å². The molecule has 0 aliphatic heterocycles. The molecule has 2 rings (SSSR count). The Labute approximate surface area is 79.4 Å². The van der Waals surface area contributed by atoms with E-state index in [1.54, 1.807) is 24.5 Å². The zero-order chi connectivity index (χ0) is 9.97. The van der Waals surface area contributed by atoms with Crippen molar-refractivity contribution < 1.29 is 4.79 Å². The first-order valence-corrected chi connectivity index (χ1v) is 3.89. The van der Waals surface area contributed by atoms with E-state index in [4.69, 9.17) is 5.73 Å². The van der Waals surface area contributed by atoms with Gasteiger partial charge >= 0.3 is 6.03 Å². The summed E-state index contributed by atoms with van der Waals surface area (Å²) < 4.78 is 0.975. The van der Waals surface area contributed by atoms with Gasteiger partial charge < -0.3 is 5.73 Å². The van der Waals surface area contributed by atoms with Crippen molar-refractivity contribution in [2.45, 2.75) is 0 Å². The molecule has 2 N–H and O–H groups in total. The Kier molecular flexibility index (Phi) is 1.94. The van der Waals surface area contributed by atoms with E-state index >= 15 is 0 Å². The molecule has 0 saturated carbocycles. The van der Waals surface area contributed by atoms with Crippen LogP contribution >= 0.6 is 0 Å². The van der Waals surface area contributed by atoms with Crippen LogP contribution in [0.1, 0.15) is 0 Å². The largest absolute Gasteiger partial charge is 0.350 e. The standard InChI is InChI=1S/C8H7N5O/c9-8(14)13-5-11-7(12-13)6-2-1-3-10-4-6/h1-5H,(H2,9,14). The number of nitrogens with zero attached hydrogens (tertiary/aromatic N) is 4. The van der Waals surface area contributed by atoms with Gasteiger partial charge in [0.25, 0.3) is 0 Å². The van der Waals surface area contributed by atoms with E-state index < -0.39 is 6.03 Å². The number of carbonyl (C=O) groups excluding carboxylic acids is 1. The highest BCUT2D eigenvalue weighted by Crippen LogP contribution is 2.10. The third-order valence-corrected chi connectivity index (χ3v) is 1.64. The highest BCUT2D eigenvalue weighted by Gasteiger charge is 2.05. The maximum Gasteiger partial charge on any atom is 0.340 e. The van der Waals surface area contributed by atoms with Gasteiger partial charge in [-0.1, -0.05) is 0 Å². The van der Waals surface area contributed by atoms with Crippen LogP contribution in [-0.4, -0.2) is 25.8 Å². The van der Waals surface area contributed by atoms with Crippen molar-refractivity contribution in [3.05, 3.63) is 30.9 Å². The van der Waals surface area contributed by atoms with Gasteiger partial charge in [-0.25, -0.2) is 9.78 Å². The van der Waals surface area contributed by atoms with Crippen molar-refractivity contribution in [2.24, 2.45) is 5.73 Å². The average molecular weight is 189 g/mol. The molecular weight excluding hydrogens is 182 g/mol. The zero-order valence-corrected chi connectivity index (χ0v) is 7.16. The molecule has 6 nitrogen and oxygen atoms in total. The Morgan fingerprint density at radius 2 is 2.36 bits per heavy atom. The number of nitrogens with two attached hydrogens (primary N) is 1. The van der Waals surface area contributed by atoms with Gasteiger partial charge in [-0.05, 0) is 12.1 Å². The molecule has 0 spiro atoms. The minimum absolute atomic E-state index is 0.428. The number of amides is 1. The fourth-order valence-electron chi connectivity index (χ4n) is 0.997. The molecule has 0 atom stereocenters. The first-order valence-electron chi connectivity index (χ1n) is 3.89. The van der Waals surface area contributed by atoms with E-state index in [1.807, 2.05) is 0 Å². The second kappa shape index (κ2) is 3.25. The fraction of sp³-hybridized carbons (Fsp3) is 0. The first-order chi connectivity index (χ1) is 6.77. The third kappa shape index (κ3) is 1.45. The van der Waals surface area contributed by atoms with Crippen molar-refractivity contribution in [1.82, 2.24) is 19.7 Å². The molecule has 0 aromatic carbocycles. The maximum atomic E-state index is 10.7. The fourth-order valence-corrected chi connectivity index (χ4v) is 0.997. The van der Waals surface area contributed by atoms with E-state index in [9.17, 15) is 4.79 Å². The highest BCUT2D eigenvalue weighted by molar-refractivity contribution is 5.73. The van der Waals surface area contributed by atoms with Gasteiger partial charge in [0.15, 0.2) is 5.82 Å². The molecule has 0 aliphatic rings. The number of hydrogen-bond donors (Lipinski definition) is 1. The summed E-state index contributed by atoms with van der Waals surface area (Å²) >= 11 is 0. The monoisotopic (exact) mass is 189 g/mol. The van der Waals surface area contributed by atoms with Gasteiger partial charge in [0.1, 0.15) is 6.33 Å². The molecule has 14 heavy (non-hydrogen) atoms. The molecule has 0 fully saturated rings. The Hall–Kier alpha value is -2.24. The SMILES string of the molecule is NC(=O)n1cnc(-c2cccnc2)n1. The number of carbonyl (C=O) groups is 1. The third-order valence-electron chi connectivity index (χ3n) is 1.64. The topological polar surface area (TPSA) is 86.7 Å².